The van der Waals surface area contributed by atoms with E-state index >= 15 is 0 Å². The van der Waals surface area contributed by atoms with Gasteiger partial charge in [0.2, 0.25) is 11.8 Å². The van der Waals surface area contributed by atoms with Crippen LogP contribution in [0, 0.1) is 0 Å². The molecule has 28 heavy (non-hydrogen) atoms. The van der Waals surface area contributed by atoms with Gasteiger partial charge < -0.3 is 20.4 Å². The van der Waals surface area contributed by atoms with Gasteiger partial charge in [-0.25, -0.2) is 4.99 Å². The zero-order valence-corrected chi connectivity index (χ0v) is 17.1. The average molecular weight is 386 g/mol. The van der Waals surface area contributed by atoms with Gasteiger partial charge in [0.1, 0.15) is 6.54 Å². The first kappa shape index (κ1) is 20.2. The van der Waals surface area contributed by atoms with Crippen molar-refractivity contribution in [3.63, 3.8) is 0 Å². The molecule has 1 fully saturated rings. The summed E-state index contributed by atoms with van der Waals surface area (Å²) >= 11 is 0. The van der Waals surface area contributed by atoms with E-state index in [1.54, 1.807) is 23.9 Å². The first-order chi connectivity index (χ1) is 13.4. The Kier molecular flexibility index (Phi) is 6.54. The number of carbonyl (C=O) groups excluding carboxylic acids is 2. The van der Waals surface area contributed by atoms with Gasteiger partial charge >= 0.3 is 0 Å². The second-order valence-electron chi connectivity index (χ2n) is 7.96. The highest BCUT2D eigenvalue weighted by Crippen LogP contribution is 2.21. The molecule has 1 aromatic carbocycles. The van der Waals surface area contributed by atoms with E-state index in [1.807, 2.05) is 7.05 Å². The standard InChI is InChI=1S/C21H31N5O2/c1-25(2)20(28)13-22-21(24-18-10-11-19(27)26(3)14-18)23-17-9-8-15-6-4-5-7-16(15)12-17/h4-7,17-18H,8-14H2,1-3H3,(H2,22,23,24). The number of hydrogen-bond donors (Lipinski definition) is 2. The first-order valence-electron chi connectivity index (χ1n) is 10.0. The van der Waals surface area contributed by atoms with E-state index < -0.39 is 0 Å². The Morgan fingerprint density at radius 3 is 2.54 bits per heavy atom. The average Bonchev–Trinajstić information content (AvgIpc) is 2.68. The molecule has 1 heterocycles. The van der Waals surface area contributed by atoms with Crippen molar-refractivity contribution < 1.29 is 9.59 Å². The zero-order chi connectivity index (χ0) is 20.1. The molecule has 0 aromatic heterocycles. The Morgan fingerprint density at radius 1 is 1.14 bits per heavy atom. The molecule has 7 heteroatoms. The molecule has 2 atom stereocenters. The largest absolute Gasteiger partial charge is 0.353 e. The Labute approximate surface area is 167 Å². The highest BCUT2D eigenvalue weighted by atomic mass is 16.2. The molecule has 1 aromatic rings. The number of piperidine rings is 1. The summed E-state index contributed by atoms with van der Waals surface area (Å²) in [7, 11) is 5.30. The summed E-state index contributed by atoms with van der Waals surface area (Å²) in [6.07, 6.45) is 4.33. The number of benzene rings is 1. The van der Waals surface area contributed by atoms with E-state index in [9.17, 15) is 9.59 Å². The molecule has 152 valence electrons. The number of fused-ring (bicyclic) bond motifs is 1. The van der Waals surface area contributed by atoms with Crippen LogP contribution in [0.15, 0.2) is 29.3 Å². The maximum absolute atomic E-state index is 12.0. The minimum Gasteiger partial charge on any atom is -0.353 e. The fourth-order valence-corrected chi connectivity index (χ4v) is 3.76. The second-order valence-corrected chi connectivity index (χ2v) is 7.96. The molecule has 1 aliphatic carbocycles. The van der Waals surface area contributed by atoms with Gasteiger partial charge in [-0.05, 0) is 36.8 Å². The van der Waals surface area contributed by atoms with Gasteiger partial charge in [0.25, 0.3) is 0 Å². The third kappa shape index (κ3) is 5.24. The topological polar surface area (TPSA) is 77.0 Å². The number of amides is 2. The number of hydrogen-bond acceptors (Lipinski definition) is 3. The number of aryl methyl sites for hydroxylation is 1. The molecule has 1 aliphatic heterocycles. The molecule has 2 unspecified atom stereocenters. The number of likely N-dealkylation sites (tertiary alicyclic amines) is 1. The van der Waals surface area contributed by atoms with E-state index in [-0.39, 0.29) is 30.4 Å². The summed E-state index contributed by atoms with van der Waals surface area (Å²) in [5.74, 6) is 0.800. The van der Waals surface area contributed by atoms with Crippen molar-refractivity contribution in [1.82, 2.24) is 20.4 Å². The third-order valence-corrected chi connectivity index (χ3v) is 5.53. The van der Waals surface area contributed by atoms with E-state index in [0.29, 0.717) is 18.9 Å². The van der Waals surface area contributed by atoms with Gasteiger partial charge in [0.05, 0.1) is 0 Å². The lowest BCUT2D eigenvalue weighted by atomic mass is 9.88. The third-order valence-electron chi connectivity index (χ3n) is 5.53. The van der Waals surface area contributed by atoms with Crippen LogP contribution in [0.5, 0.6) is 0 Å². The summed E-state index contributed by atoms with van der Waals surface area (Å²) < 4.78 is 0. The van der Waals surface area contributed by atoms with Gasteiger partial charge in [-0.2, -0.15) is 0 Å². The SMILES string of the molecule is CN(C)C(=O)CN=C(NC1CCc2ccccc2C1)NC1CCC(=O)N(C)C1. The number of likely N-dealkylation sites (N-methyl/N-ethyl adjacent to an activating group) is 2. The number of rotatable bonds is 4. The zero-order valence-electron chi connectivity index (χ0n) is 17.1. The first-order valence-corrected chi connectivity index (χ1v) is 10.0. The minimum atomic E-state index is -0.0361. The second kappa shape index (κ2) is 9.08. The molecule has 1 saturated heterocycles. The summed E-state index contributed by atoms with van der Waals surface area (Å²) in [6.45, 7) is 0.752. The van der Waals surface area contributed by atoms with Crippen molar-refractivity contribution in [2.45, 2.75) is 44.2 Å². The molecule has 7 nitrogen and oxygen atoms in total. The lowest BCUT2D eigenvalue weighted by molar-refractivity contribution is -0.132. The van der Waals surface area contributed by atoms with Crippen molar-refractivity contribution in [2.24, 2.45) is 4.99 Å². The van der Waals surface area contributed by atoms with Gasteiger partial charge in [-0.1, -0.05) is 24.3 Å². The summed E-state index contributed by atoms with van der Waals surface area (Å²) in [6, 6.07) is 8.97. The fraction of sp³-hybridized carbons (Fsp3) is 0.571. The van der Waals surface area contributed by atoms with Crippen LogP contribution in [-0.4, -0.2) is 73.9 Å². The fourth-order valence-electron chi connectivity index (χ4n) is 3.76. The summed E-state index contributed by atoms with van der Waals surface area (Å²) in [5.41, 5.74) is 2.79. The highest BCUT2D eigenvalue weighted by molar-refractivity contribution is 5.85. The summed E-state index contributed by atoms with van der Waals surface area (Å²) in [4.78, 5) is 31.6. The van der Waals surface area contributed by atoms with Crippen LogP contribution < -0.4 is 10.6 Å². The van der Waals surface area contributed by atoms with Crippen LogP contribution in [0.25, 0.3) is 0 Å². The van der Waals surface area contributed by atoms with Crippen LogP contribution in [0.4, 0.5) is 0 Å². The predicted molar refractivity (Wildman–Crippen MR) is 110 cm³/mol. The molecule has 0 radical (unpaired) electrons. The van der Waals surface area contributed by atoms with Crippen molar-refractivity contribution in [2.75, 3.05) is 34.2 Å². The Bertz CT molecular complexity index is 746. The molecule has 2 aliphatic rings. The number of nitrogens with one attached hydrogen (secondary N) is 2. The highest BCUT2D eigenvalue weighted by Gasteiger charge is 2.25. The van der Waals surface area contributed by atoms with Crippen molar-refractivity contribution in [1.29, 1.82) is 0 Å². The predicted octanol–water partition coefficient (Wildman–Crippen LogP) is 0.788. The van der Waals surface area contributed by atoms with Crippen molar-refractivity contribution in [3.8, 4) is 0 Å². The van der Waals surface area contributed by atoms with Gasteiger partial charge in [0.15, 0.2) is 5.96 Å². The summed E-state index contributed by atoms with van der Waals surface area (Å²) in [5, 5.41) is 6.98. The van der Waals surface area contributed by atoms with Crippen LogP contribution in [-0.2, 0) is 22.4 Å². The van der Waals surface area contributed by atoms with E-state index in [2.05, 4.69) is 39.9 Å². The number of nitrogens with zero attached hydrogens (tertiary/aromatic N) is 3. The van der Waals surface area contributed by atoms with Crippen LogP contribution in [0.1, 0.15) is 30.4 Å². The van der Waals surface area contributed by atoms with Crippen LogP contribution in [0.3, 0.4) is 0 Å². The van der Waals surface area contributed by atoms with E-state index in [0.717, 1.165) is 25.7 Å². The molecule has 0 saturated carbocycles. The minimum absolute atomic E-state index is 0.0361. The molecular formula is C21H31N5O2. The lowest BCUT2D eigenvalue weighted by Gasteiger charge is -2.33. The quantitative estimate of drug-likeness (QED) is 0.593. The molecule has 2 N–H and O–H groups in total. The number of carbonyl (C=O) groups is 2. The number of guanidine groups is 1. The van der Waals surface area contributed by atoms with Gasteiger partial charge in [-0.15, -0.1) is 0 Å². The van der Waals surface area contributed by atoms with E-state index in [1.165, 1.54) is 11.1 Å². The number of aliphatic imine (C=N–C) groups is 1. The maximum Gasteiger partial charge on any atom is 0.243 e. The Balaban J connectivity index is 1.66. The molecule has 0 spiro atoms. The van der Waals surface area contributed by atoms with Crippen molar-refractivity contribution in [3.05, 3.63) is 35.4 Å². The monoisotopic (exact) mass is 385 g/mol. The lowest BCUT2D eigenvalue weighted by Crippen LogP contribution is -2.54. The van der Waals surface area contributed by atoms with Crippen LogP contribution >= 0.6 is 0 Å². The molecule has 0 bridgehead atoms. The Morgan fingerprint density at radius 2 is 1.82 bits per heavy atom. The normalized spacial score (nSPS) is 22.5. The van der Waals surface area contributed by atoms with Gasteiger partial charge in [0, 0.05) is 46.2 Å². The Hall–Kier alpha value is -2.57. The van der Waals surface area contributed by atoms with Gasteiger partial charge in [-0.3, -0.25) is 9.59 Å². The molecule has 3 rings (SSSR count). The van der Waals surface area contributed by atoms with E-state index in [4.69, 9.17) is 0 Å². The van der Waals surface area contributed by atoms with Crippen molar-refractivity contribution >= 4 is 17.8 Å². The smallest absolute Gasteiger partial charge is 0.243 e. The van der Waals surface area contributed by atoms with Crippen LogP contribution in [0.2, 0.25) is 0 Å². The molecular weight excluding hydrogens is 354 g/mol. The maximum atomic E-state index is 12.0. The molecule has 2 amide bonds.